The van der Waals surface area contributed by atoms with Crippen LogP contribution in [0.3, 0.4) is 0 Å². The molecule has 1 amide bonds. The highest BCUT2D eigenvalue weighted by molar-refractivity contribution is 5.42. The van der Waals surface area contributed by atoms with E-state index in [-0.39, 0.29) is 12.0 Å². The van der Waals surface area contributed by atoms with E-state index in [0.29, 0.717) is 11.3 Å². The van der Waals surface area contributed by atoms with Crippen molar-refractivity contribution in [2.45, 2.75) is 121 Å². The van der Waals surface area contributed by atoms with Crippen molar-refractivity contribution >= 4 is 6.41 Å². The molecule has 0 atom stereocenters. The number of ether oxygens (including phenoxy) is 1. The van der Waals surface area contributed by atoms with Gasteiger partial charge in [-0.25, -0.2) is 0 Å². The SMILES string of the molecule is CC.CC.CCCC(C)(C)CC.CNCCCC(C)(C)OCC(C)C.NC=O. The summed E-state index contributed by atoms with van der Waals surface area (Å²) in [5.74, 6) is 0.628. The van der Waals surface area contributed by atoms with E-state index in [1.54, 1.807) is 0 Å². The molecule has 0 aliphatic rings. The van der Waals surface area contributed by atoms with Gasteiger partial charge in [0.15, 0.2) is 0 Å². The Balaban J connectivity index is -0.000000100. The summed E-state index contributed by atoms with van der Waals surface area (Å²) >= 11 is 0. The minimum Gasteiger partial charge on any atom is -0.375 e. The van der Waals surface area contributed by atoms with Crippen LogP contribution >= 0.6 is 0 Å². The van der Waals surface area contributed by atoms with Gasteiger partial charge in [-0.1, -0.05) is 82.1 Å². The van der Waals surface area contributed by atoms with Gasteiger partial charge in [-0.3, -0.25) is 4.79 Å². The number of rotatable bonds is 10. The minimum atomic E-state index is 0.0428. The Labute approximate surface area is 179 Å². The number of hydrogen-bond donors (Lipinski definition) is 2. The summed E-state index contributed by atoms with van der Waals surface area (Å²) in [6.45, 7) is 27.8. The quantitative estimate of drug-likeness (QED) is 0.309. The summed E-state index contributed by atoms with van der Waals surface area (Å²) in [5.41, 5.74) is 4.80. The van der Waals surface area contributed by atoms with Crippen LogP contribution in [-0.4, -0.2) is 32.2 Å². The van der Waals surface area contributed by atoms with Gasteiger partial charge in [-0.15, -0.1) is 0 Å². The second-order valence-corrected chi connectivity index (χ2v) is 8.08. The molecule has 0 aromatic rings. The molecule has 28 heavy (non-hydrogen) atoms. The highest BCUT2D eigenvalue weighted by Gasteiger charge is 2.17. The molecule has 0 aliphatic heterocycles. The van der Waals surface area contributed by atoms with Crippen molar-refractivity contribution in [3.05, 3.63) is 0 Å². The molecule has 3 N–H and O–H groups in total. The second-order valence-electron chi connectivity index (χ2n) is 8.08. The topological polar surface area (TPSA) is 64.3 Å². The van der Waals surface area contributed by atoms with Crippen molar-refractivity contribution in [3.8, 4) is 0 Å². The summed E-state index contributed by atoms with van der Waals surface area (Å²) in [6, 6.07) is 0. The second kappa shape index (κ2) is 28.6. The monoisotopic (exact) mass is 406 g/mol. The summed E-state index contributed by atoms with van der Waals surface area (Å²) in [4.78, 5) is 8.58. The maximum absolute atomic E-state index is 8.58. The third-order valence-electron chi connectivity index (χ3n) is 3.90. The van der Waals surface area contributed by atoms with Crippen molar-refractivity contribution in [1.29, 1.82) is 0 Å². The molecule has 176 valence electrons. The molecule has 0 aromatic heterocycles. The maximum atomic E-state index is 8.58. The summed E-state index contributed by atoms with van der Waals surface area (Å²) in [6.07, 6.45) is 6.55. The fraction of sp³-hybridized carbons (Fsp3) is 0.958. The number of nitrogens with one attached hydrogen (secondary N) is 1. The zero-order valence-electron chi connectivity index (χ0n) is 22.0. The van der Waals surface area contributed by atoms with Crippen LogP contribution in [-0.2, 0) is 9.53 Å². The molecule has 0 radical (unpaired) electrons. The molecule has 4 nitrogen and oxygen atoms in total. The molecule has 0 rings (SSSR count). The Bertz CT molecular complexity index is 265. The third kappa shape index (κ3) is 44.7. The van der Waals surface area contributed by atoms with Gasteiger partial charge in [-0.2, -0.15) is 0 Å². The van der Waals surface area contributed by atoms with E-state index in [4.69, 9.17) is 9.53 Å². The normalized spacial score (nSPS) is 10.1. The largest absolute Gasteiger partial charge is 0.375 e. The Morgan fingerprint density at radius 2 is 1.43 bits per heavy atom. The Hall–Kier alpha value is -0.610. The van der Waals surface area contributed by atoms with Gasteiger partial charge in [0.2, 0.25) is 6.41 Å². The molecule has 0 spiro atoms. The zero-order valence-corrected chi connectivity index (χ0v) is 22.0. The fourth-order valence-electron chi connectivity index (χ4n) is 2.01. The third-order valence-corrected chi connectivity index (χ3v) is 3.90. The molecule has 0 saturated heterocycles. The van der Waals surface area contributed by atoms with Crippen LogP contribution in [0.25, 0.3) is 0 Å². The molecular formula is C24H58N2O2. The molecule has 0 aliphatic carbocycles. The molecular weight excluding hydrogens is 348 g/mol. The van der Waals surface area contributed by atoms with E-state index in [2.05, 4.69) is 66.4 Å². The lowest BCUT2D eigenvalue weighted by Crippen LogP contribution is -2.27. The van der Waals surface area contributed by atoms with Crippen molar-refractivity contribution in [2.24, 2.45) is 17.1 Å². The van der Waals surface area contributed by atoms with Crippen LogP contribution in [0.2, 0.25) is 0 Å². The summed E-state index contributed by atoms with van der Waals surface area (Å²) < 4.78 is 5.81. The van der Waals surface area contributed by atoms with Crippen LogP contribution < -0.4 is 11.1 Å². The number of amides is 1. The molecule has 0 unspecified atom stereocenters. The van der Waals surface area contributed by atoms with Crippen molar-refractivity contribution in [3.63, 3.8) is 0 Å². The van der Waals surface area contributed by atoms with Gasteiger partial charge >= 0.3 is 0 Å². The van der Waals surface area contributed by atoms with Gasteiger partial charge in [0.1, 0.15) is 0 Å². The van der Waals surface area contributed by atoms with E-state index >= 15 is 0 Å². The number of carbonyl (C=O) groups is 1. The summed E-state index contributed by atoms with van der Waals surface area (Å²) in [5, 5.41) is 3.15. The van der Waals surface area contributed by atoms with Gasteiger partial charge in [0.25, 0.3) is 0 Å². The van der Waals surface area contributed by atoms with Crippen molar-refractivity contribution < 1.29 is 9.53 Å². The molecule has 0 aromatic carbocycles. The standard InChI is InChI=1S/C11H25NO.C8H18.2C2H6.CH3NO/c1-10(2)9-13-11(3,4)7-6-8-12-5;1-5-7-8(3,4)6-2;2*1-2;2-1-3/h10,12H,6-9H2,1-5H3;5-7H2,1-4H3;2*1-2H3;1H,(H2,2,3). The van der Waals surface area contributed by atoms with Gasteiger partial charge < -0.3 is 15.8 Å². The molecule has 0 saturated carbocycles. The highest BCUT2D eigenvalue weighted by Crippen LogP contribution is 2.25. The average Bonchev–Trinajstić information content (AvgIpc) is 2.65. The van der Waals surface area contributed by atoms with Crippen molar-refractivity contribution in [1.82, 2.24) is 5.32 Å². The lowest BCUT2D eigenvalue weighted by Gasteiger charge is -2.26. The van der Waals surface area contributed by atoms with Gasteiger partial charge in [0, 0.05) is 6.61 Å². The van der Waals surface area contributed by atoms with E-state index in [1.165, 1.54) is 25.7 Å². The lowest BCUT2D eigenvalue weighted by molar-refractivity contribution is -0.106. The van der Waals surface area contributed by atoms with Crippen LogP contribution in [0.15, 0.2) is 0 Å². The van der Waals surface area contributed by atoms with E-state index in [1.807, 2.05) is 34.7 Å². The fourth-order valence-corrected chi connectivity index (χ4v) is 2.01. The van der Waals surface area contributed by atoms with E-state index < -0.39 is 0 Å². The maximum Gasteiger partial charge on any atom is 0.204 e. The first-order valence-electron chi connectivity index (χ1n) is 11.5. The first-order valence-corrected chi connectivity index (χ1v) is 11.5. The predicted octanol–water partition coefficient (Wildman–Crippen LogP) is 6.81. The number of hydrogen-bond acceptors (Lipinski definition) is 3. The van der Waals surface area contributed by atoms with Gasteiger partial charge in [0.05, 0.1) is 5.60 Å². The van der Waals surface area contributed by atoms with E-state index in [9.17, 15) is 0 Å². The number of nitrogens with two attached hydrogens (primary N) is 1. The highest BCUT2D eigenvalue weighted by atomic mass is 16.5. The first kappa shape index (κ1) is 38.1. The predicted molar refractivity (Wildman–Crippen MR) is 130 cm³/mol. The smallest absolute Gasteiger partial charge is 0.204 e. The first-order chi connectivity index (χ1) is 13.0. The Kier molecular flexibility index (Phi) is 38.9. The van der Waals surface area contributed by atoms with E-state index in [0.717, 1.165) is 19.6 Å². The van der Waals surface area contributed by atoms with Crippen molar-refractivity contribution in [2.75, 3.05) is 20.2 Å². The lowest BCUT2D eigenvalue weighted by atomic mass is 9.86. The zero-order chi connectivity index (χ0) is 23.6. The number of primary amides is 1. The minimum absolute atomic E-state index is 0.0428. The number of carbonyl (C=O) groups excluding carboxylic acids is 1. The molecule has 4 heteroatoms. The van der Waals surface area contributed by atoms with Gasteiger partial charge in [-0.05, 0) is 58.0 Å². The Morgan fingerprint density at radius 1 is 1.00 bits per heavy atom. The molecule has 0 bridgehead atoms. The Morgan fingerprint density at radius 3 is 1.68 bits per heavy atom. The molecule has 0 heterocycles. The summed E-state index contributed by atoms with van der Waals surface area (Å²) in [7, 11) is 1.99. The van der Waals surface area contributed by atoms with Crippen LogP contribution in [0, 0.1) is 11.3 Å². The van der Waals surface area contributed by atoms with Crippen LogP contribution in [0.1, 0.15) is 115 Å². The molecule has 0 fully saturated rings. The van der Waals surface area contributed by atoms with Crippen LogP contribution in [0.5, 0.6) is 0 Å². The average molecular weight is 407 g/mol. The van der Waals surface area contributed by atoms with Crippen LogP contribution in [0.4, 0.5) is 0 Å².